The Morgan fingerprint density at radius 1 is 1.30 bits per heavy atom. The van der Waals surface area contributed by atoms with Crippen LogP contribution in [0.5, 0.6) is 0 Å². The second kappa shape index (κ2) is 6.80. The van der Waals surface area contributed by atoms with Crippen LogP contribution in [0.4, 0.5) is 5.69 Å². The fourth-order valence-corrected chi connectivity index (χ4v) is 1.97. The summed E-state index contributed by atoms with van der Waals surface area (Å²) in [5.41, 5.74) is 2.70. The van der Waals surface area contributed by atoms with Crippen molar-refractivity contribution in [2.45, 2.75) is 26.9 Å². The molecule has 0 aliphatic heterocycles. The van der Waals surface area contributed by atoms with E-state index in [2.05, 4.69) is 35.3 Å². The molecule has 0 fully saturated rings. The molecule has 0 aliphatic rings. The Balaban J connectivity index is 1.99. The van der Waals surface area contributed by atoms with Crippen LogP contribution in [0, 0.1) is 0 Å². The van der Waals surface area contributed by atoms with Crippen molar-refractivity contribution in [2.24, 2.45) is 0 Å². The standard InChI is InChI=1S/C16H20N2O2/c1-3-18-9-8-13(12-18)11-17-15-7-5-6-14(10-15)16(19)20-4-2/h5-10,12,17H,3-4,11H2,1-2H3. The minimum atomic E-state index is -0.284. The van der Waals surface area contributed by atoms with Crippen LogP contribution in [0.25, 0.3) is 0 Å². The molecule has 4 heteroatoms. The molecule has 20 heavy (non-hydrogen) atoms. The first-order valence-corrected chi connectivity index (χ1v) is 6.88. The van der Waals surface area contributed by atoms with Gasteiger partial charge in [0.05, 0.1) is 12.2 Å². The van der Waals surface area contributed by atoms with E-state index in [1.54, 1.807) is 13.0 Å². The van der Waals surface area contributed by atoms with E-state index >= 15 is 0 Å². The van der Waals surface area contributed by atoms with Crippen molar-refractivity contribution < 1.29 is 9.53 Å². The maximum Gasteiger partial charge on any atom is 0.338 e. The second-order valence-electron chi connectivity index (χ2n) is 4.51. The molecule has 1 N–H and O–H groups in total. The maximum atomic E-state index is 11.7. The lowest BCUT2D eigenvalue weighted by atomic mass is 10.2. The average Bonchev–Trinajstić information content (AvgIpc) is 2.94. The number of hydrogen-bond acceptors (Lipinski definition) is 3. The van der Waals surface area contributed by atoms with Gasteiger partial charge < -0.3 is 14.6 Å². The summed E-state index contributed by atoms with van der Waals surface area (Å²) in [5.74, 6) is -0.284. The zero-order chi connectivity index (χ0) is 14.4. The van der Waals surface area contributed by atoms with E-state index in [0.717, 1.165) is 18.8 Å². The van der Waals surface area contributed by atoms with Crippen molar-refractivity contribution in [3.8, 4) is 0 Å². The number of carbonyl (C=O) groups excluding carboxylic acids is 1. The van der Waals surface area contributed by atoms with Gasteiger partial charge in [-0.1, -0.05) is 6.07 Å². The fraction of sp³-hybridized carbons (Fsp3) is 0.312. The fourth-order valence-electron chi connectivity index (χ4n) is 1.97. The molecule has 2 aromatic rings. The zero-order valence-corrected chi connectivity index (χ0v) is 11.9. The van der Waals surface area contributed by atoms with Gasteiger partial charge in [-0.2, -0.15) is 0 Å². The predicted octanol–water partition coefficient (Wildman–Crippen LogP) is 3.30. The number of rotatable bonds is 6. The maximum absolute atomic E-state index is 11.7. The molecule has 1 heterocycles. The van der Waals surface area contributed by atoms with Gasteiger partial charge in [0.25, 0.3) is 0 Å². The lowest BCUT2D eigenvalue weighted by Crippen LogP contribution is -2.05. The third-order valence-corrected chi connectivity index (χ3v) is 3.05. The van der Waals surface area contributed by atoms with Gasteiger partial charge in [0.2, 0.25) is 0 Å². The van der Waals surface area contributed by atoms with E-state index in [0.29, 0.717) is 12.2 Å². The summed E-state index contributed by atoms with van der Waals surface area (Å²) in [7, 11) is 0. The number of nitrogens with zero attached hydrogens (tertiary/aromatic N) is 1. The van der Waals surface area contributed by atoms with Gasteiger partial charge >= 0.3 is 5.97 Å². The Kier molecular flexibility index (Phi) is 4.82. The van der Waals surface area contributed by atoms with Crippen molar-refractivity contribution in [1.82, 2.24) is 4.57 Å². The summed E-state index contributed by atoms with van der Waals surface area (Å²) in [5, 5.41) is 3.31. The largest absolute Gasteiger partial charge is 0.462 e. The SMILES string of the molecule is CCOC(=O)c1cccc(NCc2ccn(CC)c2)c1. The normalized spacial score (nSPS) is 10.3. The topological polar surface area (TPSA) is 43.3 Å². The third kappa shape index (κ3) is 3.63. The summed E-state index contributed by atoms with van der Waals surface area (Å²) < 4.78 is 7.12. The summed E-state index contributed by atoms with van der Waals surface area (Å²) in [4.78, 5) is 11.7. The van der Waals surface area contributed by atoms with Gasteiger partial charge in [-0.15, -0.1) is 0 Å². The minimum Gasteiger partial charge on any atom is -0.462 e. The molecule has 1 aromatic heterocycles. The van der Waals surface area contributed by atoms with Crippen LogP contribution in [0.3, 0.4) is 0 Å². The summed E-state index contributed by atoms with van der Waals surface area (Å²) in [6, 6.07) is 9.46. The Morgan fingerprint density at radius 3 is 2.85 bits per heavy atom. The highest BCUT2D eigenvalue weighted by Gasteiger charge is 2.06. The molecule has 0 atom stereocenters. The molecule has 0 saturated heterocycles. The monoisotopic (exact) mass is 272 g/mol. The molecule has 1 aromatic carbocycles. The number of aryl methyl sites for hydroxylation is 1. The molecule has 0 bridgehead atoms. The van der Waals surface area contributed by atoms with E-state index in [4.69, 9.17) is 4.74 Å². The van der Waals surface area contributed by atoms with Gasteiger partial charge in [-0.3, -0.25) is 0 Å². The molecular formula is C16H20N2O2. The van der Waals surface area contributed by atoms with Crippen LogP contribution in [0.15, 0.2) is 42.7 Å². The Labute approximate surface area is 119 Å². The summed E-state index contributed by atoms with van der Waals surface area (Å²) in [6.45, 7) is 6.01. The minimum absolute atomic E-state index is 0.284. The Bertz CT molecular complexity index is 575. The van der Waals surface area contributed by atoms with Crippen molar-refractivity contribution >= 4 is 11.7 Å². The molecule has 4 nitrogen and oxygen atoms in total. The lowest BCUT2D eigenvalue weighted by Gasteiger charge is -2.07. The number of aromatic nitrogens is 1. The molecule has 106 valence electrons. The van der Waals surface area contributed by atoms with E-state index in [1.807, 2.05) is 18.2 Å². The first-order valence-electron chi connectivity index (χ1n) is 6.88. The molecular weight excluding hydrogens is 252 g/mol. The van der Waals surface area contributed by atoms with Crippen LogP contribution < -0.4 is 5.32 Å². The number of ether oxygens (including phenoxy) is 1. The molecule has 0 radical (unpaired) electrons. The molecule has 0 aliphatic carbocycles. The Hall–Kier alpha value is -2.23. The van der Waals surface area contributed by atoms with Crippen LogP contribution in [-0.2, 0) is 17.8 Å². The van der Waals surface area contributed by atoms with Gasteiger partial charge in [0.15, 0.2) is 0 Å². The van der Waals surface area contributed by atoms with Crippen LogP contribution in [0.1, 0.15) is 29.8 Å². The van der Waals surface area contributed by atoms with Gasteiger partial charge in [-0.05, 0) is 43.7 Å². The number of carbonyl (C=O) groups is 1. The molecule has 0 unspecified atom stereocenters. The molecule has 0 saturated carbocycles. The molecule has 0 amide bonds. The van der Waals surface area contributed by atoms with Crippen LogP contribution >= 0.6 is 0 Å². The average molecular weight is 272 g/mol. The van der Waals surface area contributed by atoms with Crippen molar-refractivity contribution in [2.75, 3.05) is 11.9 Å². The number of anilines is 1. The highest BCUT2D eigenvalue weighted by atomic mass is 16.5. The predicted molar refractivity (Wildman–Crippen MR) is 79.8 cm³/mol. The first kappa shape index (κ1) is 14.2. The van der Waals surface area contributed by atoms with E-state index in [9.17, 15) is 4.79 Å². The van der Waals surface area contributed by atoms with Crippen molar-refractivity contribution in [3.05, 3.63) is 53.9 Å². The lowest BCUT2D eigenvalue weighted by molar-refractivity contribution is 0.0526. The molecule has 0 spiro atoms. The van der Waals surface area contributed by atoms with Crippen molar-refractivity contribution in [1.29, 1.82) is 0 Å². The van der Waals surface area contributed by atoms with Gasteiger partial charge in [0.1, 0.15) is 0 Å². The smallest absolute Gasteiger partial charge is 0.338 e. The quantitative estimate of drug-likeness (QED) is 0.820. The van der Waals surface area contributed by atoms with Crippen LogP contribution in [0.2, 0.25) is 0 Å². The Morgan fingerprint density at radius 2 is 2.15 bits per heavy atom. The summed E-state index contributed by atoms with van der Waals surface area (Å²) in [6.07, 6.45) is 4.17. The molecule has 2 rings (SSSR count). The van der Waals surface area contributed by atoms with Crippen LogP contribution in [-0.4, -0.2) is 17.1 Å². The highest BCUT2D eigenvalue weighted by Crippen LogP contribution is 2.13. The third-order valence-electron chi connectivity index (χ3n) is 3.05. The van der Waals surface area contributed by atoms with E-state index in [1.165, 1.54) is 5.56 Å². The number of benzene rings is 1. The second-order valence-corrected chi connectivity index (χ2v) is 4.51. The summed E-state index contributed by atoms with van der Waals surface area (Å²) >= 11 is 0. The van der Waals surface area contributed by atoms with E-state index < -0.39 is 0 Å². The number of esters is 1. The number of nitrogens with one attached hydrogen (secondary N) is 1. The number of hydrogen-bond donors (Lipinski definition) is 1. The van der Waals surface area contributed by atoms with Gasteiger partial charge in [0, 0.05) is 31.2 Å². The zero-order valence-electron chi connectivity index (χ0n) is 11.9. The highest BCUT2D eigenvalue weighted by molar-refractivity contribution is 5.90. The van der Waals surface area contributed by atoms with Gasteiger partial charge in [-0.25, -0.2) is 4.79 Å². The van der Waals surface area contributed by atoms with Crippen molar-refractivity contribution in [3.63, 3.8) is 0 Å². The van der Waals surface area contributed by atoms with E-state index in [-0.39, 0.29) is 5.97 Å². The first-order chi connectivity index (χ1) is 9.72.